The maximum Gasteiger partial charge on any atom is 0.118 e. The summed E-state index contributed by atoms with van der Waals surface area (Å²) in [6.45, 7) is -0.419. The maximum atomic E-state index is 12.3. The van der Waals surface area contributed by atoms with Crippen molar-refractivity contribution in [2.75, 3.05) is 6.67 Å². The van der Waals surface area contributed by atoms with Gasteiger partial charge in [0.05, 0.1) is 18.7 Å². The van der Waals surface area contributed by atoms with Crippen LogP contribution in [-0.4, -0.2) is 16.9 Å². The Labute approximate surface area is 129 Å². The minimum Gasteiger partial charge on any atom is -0.508 e. The molecule has 0 saturated carbocycles. The fourth-order valence-electron chi connectivity index (χ4n) is 2.40. The van der Waals surface area contributed by atoms with Gasteiger partial charge in [-0.1, -0.05) is 24.3 Å². The molecule has 3 nitrogen and oxygen atoms in total. The Morgan fingerprint density at radius 1 is 1.09 bits per heavy atom. The number of phenols is 2. The van der Waals surface area contributed by atoms with Gasteiger partial charge in [-0.25, -0.2) is 0 Å². The second-order valence-electron chi connectivity index (χ2n) is 5.23. The third-order valence-electron chi connectivity index (χ3n) is 3.61. The van der Waals surface area contributed by atoms with Crippen LogP contribution in [0.2, 0.25) is 0 Å². The van der Waals surface area contributed by atoms with E-state index in [2.05, 4.69) is 6.07 Å². The SMILES string of the molecule is N#CC(Cc1ccc(O)c(CCCF)c1)c1ccc(O)cc1. The van der Waals surface area contributed by atoms with Gasteiger partial charge in [0.15, 0.2) is 0 Å². The lowest BCUT2D eigenvalue weighted by Gasteiger charge is -2.12. The summed E-state index contributed by atoms with van der Waals surface area (Å²) in [5.41, 5.74) is 2.46. The number of hydrogen-bond acceptors (Lipinski definition) is 3. The normalized spacial score (nSPS) is 11.8. The molecule has 0 spiro atoms. The monoisotopic (exact) mass is 299 g/mol. The second-order valence-corrected chi connectivity index (χ2v) is 5.23. The van der Waals surface area contributed by atoms with Gasteiger partial charge in [0, 0.05) is 0 Å². The maximum absolute atomic E-state index is 12.3. The van der Waals surface area contributed by atoms with E-state index >= 15 is 0 Å². The molecule has 0 radical (unpaired) electrons. The van der Waals surface area contributed by atoms with Crippen molar-refractivity contribution in [2.45, 2.75) is 25.2 Å². The van der Waals surface area contributed by atoms with Crippen LogP contribution in [0.25, 0.3) is 0 Å². The van der Waals surface area contributed by atoms with Crippen LogP contribution in [0.3, 0.4) is 0 Å². The largest absolute Gasteiger partial charge is 0.508 e. The van der Waals surface area contributed by atoms with Crippen LogP contribution in [0.15, 0.2) is 42.5 Å². The second kappa shape index (κ2) is 7.46. The van der Waals surface area contributed by atoms with Crippen LogP contribution in [-0.2, 0) is 12.8 Å². The van der Waals surface area contributed by atoms with Crippen molar-refractivity contribution in [1.29, 1.82) is 5.26 Å². The molecule has 0 aliphatic rings. The molecule has 0 aliphatic heterocycles. The molecule has 0 fully saturated rings. The van der Waals surface area contributed by atoms with Crippen LogP contribution >= 0.6 is 0 Å². The van der Waals surface area contributed by atoms with Crippen LogP contribution in [0.1, 0.15) is 29.0 Å². The van der Waals surface area contributed by atoms with Gasteiger partial charge >= 0.3 is 0 Å². The predicted octanol–water partition coefficient (Wildman–Crippen LogP) is 3.85. The van der Waals surface area contributed by atoms with E-state index in [0.29, 0.717) is 24.8 Å². The highest BCUT2D eigenvalue weighted by molar-refractivity contribution is 5.39. The average molecular weight is 299 g/mol. The number of nitriles is 1. The highest BCUT2D eigenvalue weighted by Crippen LogP contribution is 2.26. The standard InChI is InChI=1S/C18H18FNO2/c19-9-1-2-15-10-13(3-8-18(15)22)11-16(12-20)14-4-6-17(21)7-5-14/h3-8,10,16,21-22H,1-2,9,11H2. The Balaban J connectivity index is 2.17. The summed E-state index contributed by atoms with van der Waals surface area (Å²) in [6.07, 6.45) is 1.35. The summed E-state index contributed by atoms with van der Waals surface area (Å²) >= 11 is 0. The fourth-order valence-corrected chi connectivity index (χ4v) is 2.40. The van der Waals surface area contributed by atoms with Crippen molar-refractivity contribution in [3.05, 3.63) is 59.2 Å². The van der Waals surface area contributed by atoms with Gasteiger partial charge in [0.1, 0.15) is 11.5 Å². The van der Waals surface area contributed by atoms with Crippen molar-refractivity contribution in [1.82, 2.24) is 0 Å². The molecule has 0 aliphatic carbocycles. The number of rotatable bonds is 6. The first-order valence-electron chi connectivity index (χ1n) is 7.19. The molecule has 0 aromatic heterocycles. The van der Waals surface area contributed by atoms with Crippen LogP contribution in [0, 0.1) is 11.3 Å². The van der Waals surface area contributed by atoms with E-state index in [9.17, 15) is 19.9 Å². The molecule has 2 aromatic rings. The smallest absolute Gasteiger partial charge is 0.118 e. The first-order chi connectivity index (χ1) is 10.6. The zero-order valence-electron chi connectivity index (χ0n) is 12.2. The van der Waals surface area contributed by atoms with Crippen molar-refractivity contribution in [2.24, 2.45) is 0 Å². The molecule has 0 amide bonds. The zero-order valence-corrected chi connectivity index (χ0v) is 12.2. The van der Waals surface area contributed by atoms with Crippen molar-refractivity contribution in [3.8, 4) is 17.6 Å². The Kier molecular flexibility index (Phi) is 5.37. The first kappa shape index (κ1) is 15.8. The van der Waals surface area contributed by atoms with Crippen molar-refractivity contribution >= 4 is 0 Å². The molecule has 0 saturated heterocycles. The number of phenolic OH excluding ortho intramolecular Hbond substituents is 2. The summed E-state index contributed by atoms with van der Waals surface area (Å²) in [6, 6.07) is 14.0. The fraction of sp³-hybridized carbons (Fsp3) is 0.278. The van der Waals surface area contributed by atoms with E-state index in [4.69, 9.17) is 0 Å². The Hall–Kier alpha value is -2.54. The molecule has 2 rings (SSSR count). The highest BCUT2D eigenvalue weighted by atomic mass is 19.1. The number of aryl methyl sites for hydroxylation is 1. The number of alkyl halides is 1. The number of benzene rings is 2. The van der Waals surface area contributed by atoms with E-state index in [-0.39, 0.29) is 17.4 Å². The zero-order chi connectivity index (χ0) is 15.9. The number of nitrogens with zero attached hydrogens (tertiary/aromatic N) is 1. The summed E-state index contributed by atoms with van der Waals surface area (Å²) in [5, 5.41) is 28.5. The van der Waals surface area contributed by atoms with E-state index in [0.717, 1.165) is 11.1 Å². The molecule has 1 unspecified atom stereocenters. The van der Waals surface area contributed by atoms with Crippen molar-refractivity contribution in [3.63, 3.8) is 0 Å². The predicted molar refractivity (Wildman–Crippen MR) is 82.6 cm³/mol. The third kappa shape index (κ3) is 3.98. The van der Waals surface area contributed by atoms with E-state index in [1.807, 2.05) is 6.07 Å². The molecule has 0 bridgehead atoms. The van der Waals surface area contributed by atoms with Gasteiger partial charge in [0.25, 0.3) is 0 Å². The molecule has 2 aromatic carbocycles. The lowest BCUT2D eigenvalue weighted by Crippen LogP contribution is -2.01. The van der Waals surface area contributed by atoms with E-state index < -0.39 is 6.67 Å². The molecule has 114 valence electrons. The molecule has 2 N–H and O–H groups in total. The molecule has 22 heavy (non-hydrogen) atoms. The van der Waals surface area contributed by atoms with E-state index in [1.165, 1.54) is 0 Å². The lowest BCUT2D eigenvalue weighted by atomic mass is 9.92. The molecule has 0 heterocycles. The van der Waals surface area contributed by atoms with E-state index in [1.54, 1.807) is 36.4 Å². The minimum atomic E-state index is -0.419. The molecular formula is C18H18FNO2. The Morgan fingerprint density at radius 3 is 2.45 bits per heavy atom. The van der Waals surface area contributed by atoms with Gasteiger partial charge in [-0.15, -0.1) is 0 Å². The summed E-state index contributed by atoms with van der Waals surface area (Å²) in [5.74, 6) is -0.00640. The summed E-state index contributed by atoms with van der Waals surface area (Å²) < 4.78 is 12.3. The number of halogens is 1. The number of hydrogen-bond donors (Lipinski definition) is 2. The van der Waals surface area contributed by atoms with Gasteiger partial charge in [-0.3, -0.25) is 4.39 Å². The molecule has 1 atom stereocenters. The van der Waals surface area contributed by atoms with Gasteiger partial charge in [-0.2, -0.15) is 5.26 Å². The lowest BCUT2D eigenvalue weighted by molar-refractivity contribution is 0.451. The Bertz CT molecular complexity index is 662. The van der Waals surface area contributed by atoms with Gasteiger partial charge < -0.3 is 10.2 Å². The third-order valence-corrected chi connectivity index (χ3v) is 3.61. The van der Waals surface area contributed by atoms with Crippen molar-refractivity contribution < 1.29 is 14.6 Å². The number of aromatic hydroxyl groups is 2. The topological polar surface area (TPSA) is 64.2 Å². The highest BCUT2D eigenvalue weighted by Gasteiger charge is 2.13. The van der Waals surface area contributed by atoms with Crippen LogP contribution < -0.4 is 0 Å². The van der Waals surface area contributed by atoms with Crippen LogP contribution in [0.5, 0.6) is 11.5 Å². The summed E-state index contributed by atoms with van der Waals surface area (Å²) in [7, 11) is 0. The molecular weight excluding hydrogens is 281 g/mol. The Morgan fingerprint density at radius 2 is 1.82 bits per heavy atom. The quantitative estimate of drug-likeness (QED) is 0.851. The first-order valence-corrected chi connectivity index (χ1v) is 7.19. The van der Waals surface area contributed by atoms with Crippen LogP contribution in [0.4, 0.5) is 4.39 Å². The average Bonchev–Trinajstić information content (AvgIpc) is 2.53. The van der Waals surface area contributed by atoms with Gasteiger partial charge in [-0.05, 0) is 54.2 Å². The summed E-state index contributed by atoms with van der Waals surface area (Å²) in [4.78, 5) is 0. The van der Waals surface area contributed by atoms with Gasteiger partial charge in [0.2, 0.25) is 0 Å². The molecule has 4 heteroatoms. The minimum absolute atomic E-state index is 0.162.